The predicted molar refractivity (Wildman–Crippen MR) is 56.6 cm³/mol. The maximum atomic E-state index is 10.2. The molecule has 0 atom stereocenters. The first-order chi connectivity index (χ1) is 6.65. The molecule has 76 valence electrons. The number of phenols is 1. The maximum absolute atomic E-state index is 10.2. The van der Waals surface area contributed by atoms with Crippen LogP contribution in [0.25, 0.3) is 0 Å². The molecule has 0 heterocycles. The van der Waals surface area contributed by atoms with E-state index in [0.29, 0.717) is 12.2 Å². The minimum Gasteiger partial charge on any atom is -0.508 e. The summed E-state index contributed by atoms with van der Waals surface area (Å²) in [7, 11) is 0. The Hall–Kier alpha value is -1.31. The number of hydrogen-bond donors (Lipinski definition) is 1. The minimum absolute atomic E-state index is 0.355. The summed E-state index contributed by atoms with van der Waals surface area (Å²) in [6.45, 7) is 3.95. The molecule has 0 saturated carbocycles. The molecule has 0 fully saturated rings. The topological polar surface area (TPSA) is 37.3 Å². The highest BCUT2D eigenvalue weighted by molar-refractivity contribution is 5.49. The van der Waals surface area contributed by atoms with Crippen LogP contribution in [0.4, 0.5) is 0 Å². The minimum atomic E-state index is 0.355. The van der Waals surface area contributed by atoms with Gasteiger partial charge in [-0.25, -0.2) is 0 Å². The second-order valence-electron chi connectivity index (χ2n) is 3.64. The number of carbonyl (C=O) groups is 1. The maximum Gasteiger partial charge on any atom is 0.120 e. The van der Waals surface area contributed by atoms with Crippen molar-refractivity contribution in [2.45, 2.75) is 33.1 Å². The van der Waals surface area contributed by atoms with Gasteiger partial charge in [0.05, 0.1) is 0 Å². The highest BCUT2D eigenvalue weighted by Gasteiger charge is 2.05. The molecule has 1 N–H and O–H groups in total. The zero-order valence-corrected chi connectivity index (χ0v) is 8.71. The third kappa shape index (κ3) is 2.59. The first-order valence-corrected chi connectivity index (χ1v) is 4.88. The Morgan fingerprint density at radius 1 is 1.36 bits per heavy atom. The van der Waals surface area contributed by atoms with Crippen LogP contribution in [0.5, 0.6) is 5.75 Å². The number of aldehydes is 1. The SMILES string of the molecule is Cc1cc(C)c(CCCC=O)c(O)c1. The molecule has 2 nitrogen and oxygen atoms in total. The fourth-order valence-corrected chi connectivity index (χ4v) is 1.66. The van der Waals surface area contributed by atoms with Gasteiger partial charge in [0.2, 0.25) is 0 Å². The van der Waals surface area contributed by atoms with Crippen LogP contribution in [0.15, 0.2) is 12.1 Å². The van der Waals surface area contributed by atoms with Crippen LogP contribution in [0.1, 0.15) is 29.5 Å². The summed E-state index contributed by atoms with van der Waals surface area (Å²) >= 11 is 0. The van der Waals surface area contributed by atoms with Gasteiger partial charge in [-0.2, -0.15) is 0 Å². The van der Waals surface area contributed by atoms with Crippen molar-refractivity contribution in [1.29, 1.82) is 0 Å². The lowest BCUT2D eigenvalue weighted by molar-refractivity contribution is -0.107. The Kier molecular flexibility index (Phi) is 3.69. The molecule has 0 aromatic heterocycles. The van der Waals surface area contributed by atoms with E-state index in [9.17, 15) is 9.90 Å². The summed E-state index contributed by atoms with van der Waals surface area (Å²) in [6, 6.07) is 3.82. The summed E-state index contributed by atoms with van der Waals surface area (Å²) < 4.78 is 0. The van der Waals surface area contributed by atoms with Gasteiger partial charge in [0.1, 0.15) is 12.0 Å². The third-order valence-corrected chi connectivity index (χ3v) is 2.34. The standard InChI is InChI=1S/C12H16O2/c1-9-7-10(2)11(12(14)8-9)5-3-4-6-13/h6-8,14H,3-5H2,1-2H3. The fraction of sp³-hybridized carbons (Fsp3) is 0.417. The molecule has 0 unspecified atom stereocenters. The van der Waals surface area contributed by atoms with E-state index in [1.807, 2.05) is 13.8 Å². The van der Waals surface area contributed by atoms with E-state index in [1.165, 1.54) is 0 Å². The van der Waals surface area contributed by atoms with Gasteiger partial charge in [-0.3, -0.25) is 0 Å². The number of rotatable bonds is 4. The normalized spacial score (nSPS) is 10.1. The van der Waals surface area contributed by atoms with Gasteiger partial charge >= 0.3 is 0 Å². The van der Waals surface area contributed by atoms with Crippen LogP contribution in [0.2, 0.25) is 0 Å². The van der Waals surface area contributed by atoms with Crippen molar-refractivity contribution >= 4 is 6.29 Å². The van der Waals surface area contributed by atoms with Crippen LogP contribution < -0.4 is 0 Å². The molecule has 1 aromatic rings. The molecule has 0 aliphatic rings. The monoisotopic (exact) mass is 192 g/mol. The number of phenolic OH excluding ortho intramolecular Hbond substituents is 1. The van der Waals surface area contributed by atoms with E-state index in [2.05, 4.69) is 6.07 Å². The Balaban J connectivity index is 2.80. The predicted octanol–water partition coefficient (Wildman–Crippen LogP) is 2.53. The molecule has 1 aromatic carbocycles. The largest absolute Gasteiger partial charge is 0.508 e. The van der Waals surface area contributed by atoms with Crippen molar-refractivity contribution in [3.8, 4) is 5.75 Å². The number of benzene rings is 1. The molecule has 0 saturated heterocycles. The molecule has 0 spiro atoms. The quantitative estimate of drug-likeness (QED) is 0.588. The van der Waals surface area contributed by atoms with Crippen molar-refractivity contribution in [2.75, 3.05) is 0 Å². The van der Waals surface area contributed by atoms with Crippen LogP contribution in [-0.4, -0.2) is 11.4 Å². The van der Waals surface area contributed by atoms with Gasteiger partial charge in [0.15, 0.2) is 0 Å². The lowest BCUT2D eigenvalue weighted by Crippen LogP contribution is -1.92. The molecule has 14 heavy (non-hydrogen) atoms. The molecule has 2 heteroatoms. The van der Waals surface area contributed by atoms with E-state index < -0.39 is 0 Å². The lowest BCUT2D eigenvalue weighted by atomic mass is 10.00. The summed E-state index contributed by atoms with van der Waals surface area (Å²) in [5, 5.41) is 9.68. The van der Waals surface area contributed by atoms with E-state index in [0.717, 1.165) is 35.8 Å². The average molecular weight is 192 g/mol. The summed E-state index contributed by atoms with van der Waals surface area (Å²) in [5.41, 5.74) is 3.14. The van der Waals surface area contributed by atoms with Crippen LogP contribution >= 0.6 is 0 Å². The summed E-state index contributed by atoms with van der Waals surface area (Å²) in [4.78, 5) is 10.2. The molecular formula is C12H16O2. The third-order valence-electron chi connectivity index (χ3n) is 2.34. The second kappa shape index (κ2) is 4.80. The van der Waals surface area contributed by atoms with E-state index in [-0.39, 0.29) is 0 Å². The average Bonchev–Trinajstić information content (AvgIpc) is 2.09. The highest BCUT2D eigenvalue weighted by atomic mass is 16.3. The van der Waals surface area contributed by atoms with E-state index in [4.69, 9.17) is 0 Å². The van der Waals surface area contributed by atoms with Crippen molar-refractivity contribution < 1.29 is 9.90 Å². The summed E-state index contributed by atoms with van der Waals surface area (Å²) in [5.74, 6) is 0.355. The smallest absolute Gasteiger partial charge is 0.120 e. The highest BCUT2D eigenvalue weighted by Crippen LogP contribution is 2.24. The molecule has 0 bridgehead atoms. The fourth-order valence-electron chi connectivity index (χ4n) is 1.66. The number of aryl methyl sites for hydroxylation is 2. The number of aromatic hydroxyl groups is 1. The van der Waals surface area contributed by atoms with Crippen LogP contribution in [0.3, 0.4) is 0 Å². The molecular weight excluding hydrogens is 176 g/mol. The van der Waals surface area contributed by atoms with E-state index in [1.54, 1.807) is 6.07 Å². The molecule has 0 radical (unpaired) electrons. The number of unbranched alkanes of at least 4 members (excludes halogenated alkanes) is 1. The van der Waals surface area contributed by atoms with Gasteiger partial charge < -0.3 is 9.90 Å². The Labute approximate surface area is 84.6 Å². The van der Waals surface area contributed by atoms with Crippen molar-refractivity contribution in [3.05, 3.63) is 28.8 Å². The van der Waals surface area contributed by atoms with Gasteiger partial charge in [-0.15, -0.1) is 0 Å². The van der Waals surface area contributed by atoms with Crippen LogP contribution in [0, 0.1) is 13.8 Å². The lowest BCUT2D eigenvalue weighted by Gasteiger charge is -2.08. The Bertz CT molecular complexity index is 306. The Morgan fingerprint density at radius 2 is 2.07 bits per heavy atom. The first kappa shape index (κ1) is 10.8. The second-order valence-corrected chi connectivity index (χ2v) is 3.64. The van der Waals surface area contributed by atoms with Gasteiger partial charge in [0.25, 0.3) is 0 Å². The van der Waals surface area contributed by atoms with E-state index >= 15 is 0 Å². The Morgan fingerprint density at radius 3 is 2.64 bits per heavy atom. The summed E-state index contributed by atoms with van der Waals surface area (Å²) in [6.07, 6.45) is 3.06. The number of carbonyl (C=O) groups excluding carboxylic acids is 1. The van der Waals surface area contributed by atoms with Crippen LogP contribution in [-0.2, 0) is 11.2 Å². The molecule has 0 aliphatic heterocycles. The molecule has 1 rings (SSSR count). The van der Waals surface area contributed by atoms with Gasteiger partial charge in [-0.1, -0.05) is 6.07 Å². The van der Waals surface area contributed by atoms with Gasteiger partial charge in [-0.05, 0) is 49.4 Å². The van der Waals surface area contributed by atoms with Crippen molar-refractivity contribution in [2.24, 2.45) is 0 Å². The first-order valence-electron chi connectivity index (χ1n) is 4.88. The molecule has 0 amide bonds. The molecule has 0 aliphatic carbocycles. The zero-order valence-electron chi connectivity index (χ0n) is 8.71. The van der Waals surface area contributed by atoms with Crippen molar-refractivity contribution in [3.63, 3.8) is 0 Å². The van der Waals surface area contributed by atoms with Gasteiger partial charge in [0, 0.05) is 6.42 Å². The zero-order chi connectivity index (χ0) is 10.6. The number of hydrogen-bond acceptors (Lipinski definition) is 2. The van der Waals surface area contributed by atoms with Crippen molar-refractivity contribution in [1.82, 2.24) is 0 Å².